The van der Waals surface area contributed by atoms with Gasteiger partial charge in [0.15, 0.2) is 0 Å². The fraction of sp³-hybridized carbons (Fsp3) is 0.455. The highest BCUT2D eigenvalue weighted by Crippen LogP contribution is 2.35. The predicted molar refractivity (Wildman–Crippen MR) is 71.1 cm³/mol. The second-order valence-electron chi connectivity index (χ2n) is 4.42. The maximum atomic E-state index is 11.1. The van der Waals surface area contributed by atoms with E-state index in [0.717, 1.165) is 0 Å². The number of halogens is 1. The molecule has 2 rings (SSSR count). The van der Waals surface area contributed by atoms with Crippen LogP contribution >= 0.6 is 15.9 Å². The Morgan fingerprint density at radius 3 is 2.89 bits per heavy atom. The van der Waals surface area contributed by atoms with E-state index in [1.165, 1.54) is 12.3 Å². The van der Waals surface area contributed by atoms with E-state index in [1.54, 1.807) is 11.8 Å². The van der Waals surface area contributed by atoms with Crippen molar-refractivity contribution >= 4 is 33.4 Å². The van der Waals surface area contributed by atoms with E-state index in [9.17, 15) is 14.9 Å². The van der Waals surface area contributed by atoms with Crippen LogP contribution in [-0.2, 0) is 4.79 Å². The molecule has 2 unspecified atom stereocenters. The Labute approximate surface area is 117 Å². The van der Waals surface area contributed by atoms with Gasteiger partial charge in [0.25, 0.3) is 0 Å². The summed E-state index contributed by atoms with van der Waals surface area (Å²) in [5, 5.41) is 20.1. The molecule has 0 aliphatic carbocycles. The molecule has 0 amide bonds. The first-order valence-corrected chi connectivity index (χ1v) is 6.50. The fourth-order valence-electron chi connectivity index (χ4n) is 2.35. The Hall–Kier alpha value is -1.70. The summed E-state index contributed by atoms with van der Waals surface area (Å²) in [4.78, 5) is 27.4. The molecule has 1 N–H and O–H groups in total. The van der Waals surface area contributed by atoms with Crippen LogP contribution < -0.4 is 4.90 Å². The minimum absolute atomic E-state index is 0.118. The maximum Gasteiger partial charge on any atom is 0.312 e. The van der Waals surface area contributed by atoms with Gasteiger partial charge in [0.05, 0.1) is 10.8 Å². The molecule has 102 valence electrons. The number of pyridine rings is 1. The number of nitrogens with zero attached hydrogens (tertiary/aromatic N) is 3. The van der Waals surface area contributed by atoms with Crippen molar-refractivity contribution in [2.75, 3.05) is 11.4 Å². The Morgan fingerprint density at radius 2 is 2.37 bits per heavy atom. The van der Waals surface area contributed by atoms with Crippen LogP contribution in [0.2, 0.25) is 0 Å². The first kappa shape index (κ1) is 13.7. The molecule has 0 bridgehead atoms. The summed E-state index contributed by atoms with van der Waals surface area (Å²) >= 11 is 3.14. The lowest BCUT2D eigenvalue weighted by molar-refractivity contribution is -0.384. The molecule has 1 fully saturated rings. The van der Waals surface area contributed by atoms with Gasteiger partial charge in [0.2, 0.25) is 5.82 Å². The third-order valence-electron chi connectivity index (χ3n) is 3.35. The molecule has 1 aliphatic rings. The van der Waals surface area contributed by atoms with Gasteiger partial charge >= 0.3 is 11.7 Å². The molecular weight excluding hydrogens is 318 g/mol. The zero-order valence-corrected chi connectivity index (χ0v) is 11.7. The lowest BCUT2D eigenvalue weighted by Crippen LogP contribution is -2.33. The topological polar surface area (TPSA) is 96.6 Å². The first-order valence-electron chi connectivity index (χ1n) is 5.71. The summed E-state index contributed by atoms with van der Waals surface area (Å²) in [5.74, 6) is -1.18. The second-order valence-corrected chi connectivity index (χ2v) is 5.34. The summed E-state index contributed by atoms with van der Waals surface area (Å²) in [6, 6.07) is 1.06. The number of nitro groups is 1. The van der Waals surface area contributed by atoms with Crippen LogP contribution in [0.3, 0.4) is 0 Å². The Kier molecular flexibility index (Phi) is 3.70. The maximum absolute atomic E-state index is 11.1. The van der Waals surface area contributed by atoms with E-state index < -0.39 is 16.8 Å². The van der Waals surface area contributed by atoms with Crippen molar-refractivity contribution in [1.29, 1.82) is 0 Å². The van der Waals surface area contributed by atoms with Gasteiger partial charge in [-0.25, -0.2) is 4.98 Å². The van der Waals surface area contributed by atoms with Crippen molar-refractivity contribution in [3.05, 3.63) is 26.9 Å². The molecule has 0 aromatic carbocycles. The molecule has 1 aliphatic heterocycles. The van der Waals surface area contributed by atoms with E-state index in [-0.39, 0.29) is 17.5 Å². The van der Waals surface area contributed by atoms with Gasteiger partial charge in [-0.2, -0.15) is 0 Å². The van der Waals surface area contributed by atoms with Crippen LogP contribution in [0.1, 0.15) is 13.3 Å². The van der Waals surface area contributed by atoms with Crippen molar-refractivity contribution in [2.45, 2.75) is 19.4 Å². The normalized spacial score (nSPS) is 22.5. The van der Waals surface area contributed by atoms with Crippen LogP contribution in [0.25, 0.3) is 0 Å². The van der Waals surface area contributed by atoms with E-state index in [1.807, 2.05) is 0 Å². The third-order valence-corrected chi connectivity index (χ3v) is 3.79. The summed E-state index contributed by atoms with van der Waals surface area (Å²) in [5.41, 5.74) is -0.118. The zero-order valence-electron chi connectivity index (χ0n) is 10.1. The Balaban J connectivity index is 2.38. The van der Waals surface area contributed by atoms with Crippen molar-refractivity contribution in [3.8, 4) is 0 Å². The predicted octanol–water partition coefficient (Wildman–Crippen LogP) is 2.05. The minimum Gasteiger partial charge on any atom is -0.481 e. The largest absolute Gasteiger partial charge is 0.481 e. The zero-order chi connectivity index (χ0) is 14.2. The van der Waals surface area contributed by atoms with Crippen molar-refractivity contribution in [3.63, 3.8) is 0 Å². The van der Waals surface area contributed by atoms with Gasteiger partial charge in [-0.3, -0.25) is 14.9 Å². The van der Waals surface area contributed by atoms with Gasteiger partial charge < -0.3 is 10.0 Å². The van der Waals surface area contributed by atoms with Crippen LogP contribution in [0, 0.1) is 16.0 Å². The molecule has 0 saturated carbocycles. The minimum atomic E-state index is -0.880. The van der Waals surface area contributed by atoms with E-state index >= 15 is 0 Å². The molecule has 2 heterocycles. The second kappa shape index (κ2) is 5.12. The molecule has 19 heavy (non-hydrogen) atoms. The highest BCUT2D eigenvalue weighted by molar-refractivity contribution is 9.10. The SMILES string of the molecule is CC1C(C(=O)O)CCN1c1ncc(Br)cc1[N+](=O)[O-]. The number of carboxylic acid groups (broad SMARTS) is 1. The molecular formula is C11H12BrN3O4. The van der Waals surface area contributed by atoms with Gasteiger partial charge in [0, 0.05) is 29.3 Å². The highest BCUT2D eigenvalue weighted by atomic mass is 79.9. The molecule has 7 nitrogen and oxygen atoms in total. The Bertz CT molecular complexity index is 537. The lowest BCUT2D eigenvalue weighted by atomic mass is 10.0. The molecule has 1 aromatic heterocycles. The van der Waals surface area contributed by atoms with Gasteiger partial charge in [-0.1, -0.05) is 0 Å². The number of aliphatic carboxylic acids is 1. The van der Waals surface area contributed by atoms with Gasteiger partial charge in [-0.05, 0) is 29.3 Å². The van der Waals surface area contributed by atoms with Crippen molar-refractivity contribution < 1.29 is 14.8 Å². The van der Waals surface area contributed by atoms with E-state index in [0.29, 0.717) is 17.4 Å². The van der Waals surface area contributed by atoms with Crippen LogP contribution in [0.4, 0.5) is 11.5 Å². The molecule has 1 aromatic rings. The molecule has 0 spiro atoms. The number of rotatable bonds is 3. The summed E-state index contributed by atoms with van der Waals surface area (Å²) in [6.45, 7) is 2.20. The third kappa shape index (κ3) is 2.53. The smallest absolute Gasteiger partial charge is 0.312 e. The molecule has 2 atom stereocenters. The molecule has 8 heteroatoms. The fourth-order valence-corrected chi connectivity index (χ4v) is 2.67. The standard InChI is InChI=1S/C11H12BrN3O4/c1-6-8(11(16)17)2-3-14(6)10-9(15(18)19)4-7(12)5-13-10/h4-6,8H,2-3H2,1H3,(H,16,17). The van der Waals surface area contributed by atoms with Crippen molar-refractivity contribution in [1.82, 2.24) is 4.98 Å². The summed E-state index contributed by atoms with van der Waals surface area (Å²) in [7, 11) is 0. The number of hydrogen-bond acceptors (Lipinski definition) is 5. The van der Waals surface area contributed by atoms with Crippen LogP contribution in [0.5, 0.6) is 0 Å². The average Bonchev–Trinajstić information content (AvgIpc) is 2.71. The van der Waals surface area contributed by atoms with E-state index in [4.69, 9.17) is 5.11 Å². The number of anilines is 1. The average molecular weight is 330 g/mol. The number of aromatic nitrogens is 1. The van der Waals surface area contributed by atoms with Gasteiger partial charge in [0.1, 0.15) is 0 Å². The number of hydrogen-bond donors (Lipinski definition) is 1. The molecule has 1 saturated heterocycles. The van der Waals surface area contributed by atoms with Crippen molar-refractivity contribution in [2.24, 2.45) is 5.92 Å². The highest BCUT2D eigenvalue weighted by Gasteiger charge is 2.38. The Morgan fingerprint density at radius 1 is 1.68 bits per heavy atom. The van der Waals surface area contributed by atoms with Crippen LogP contribution in [-0.4, -0.2) is 33.6 Å². The number of carbonyl (C=O) groups is 1. The molecule has 0 radical (unpaired) electrons. The lowest BCUT2D eigenvalue weighted by Gasteiger charge is -2.23. The quantitative estimate of drug-likeness (QED) is 0.673. The van der Waals surface area contributed by atoms with Gasteiger partial charge in [-0.15, -0.1) is 0 Å². The number of carboxylic acids is 1. The van der Waals surface area contributed by atoms with Crippen LogP contribution in [0.15, 0.2) is 16.7 Å². The van der Waals surface area contributed by atoms with E-state index in [2.05, 4.69) is 20.9 Å². The summed E-state index contributed by atoms with van der Waals surface area (Å²) < 4.78 is 0.518. The monoisotopic (exact) mass is 329 g/mol. The first-order chi connectivity index (χ1) is 8.91. The summed E-state index contributed by atoms with van der Waals surface area (Å²) in [6.07, 6.45) is 1.94.